The van der Waals surface area contributed by atoms with Crippen LogP contribution >= 0.6 is 0 Å². The van der Waals surface area contributed by atoms with Gasteiger partial charge in [-0.3, -0.25) is 4.79 Å². The number of hydrogen-bond donors (Lipinski definition) is 0. The molecule has 2 saturated carbocycles. The van der Waals surface area contributed by atoms with Crippen LogP contribution in [0.3, 0.4) is 0 Å². The van der Waals surface area contributed by atoms with E-state index in [1.165, 1.54) is 32.6 Å². The fourth-order valence-corrected chi connectivity index (χ4v) is 3.15. The molecule has 2 nitrogen and oxygen atoms in total. The molecule has 2 aliphatic carbocycles. The van der Waals surface area contributed by atoms with Gasteiger partial charge in [0.05, 0.1) is 0 Å². The third kappa shape index (κ3) is 1.72. The molecule has 2 heteroatoms. The molecule has 4 atom stereocenters. The van der Waals surface area contributed by atoms with Crippen molar-refractivity contribution in [3.05, 3.63) is 0 Å². The highest BCUT2D eigenvalue weighted by Gasteiger charge is 2.41. The highest BCUT2D eigenvalue weighted by molar-refractivity contribution is 5.66. The molecule has 2 aliphatic rings. The lowest BCUT2D eigenvalue weighted by atomic mass is 9.79. The highest BCUT2D eigenvalue weighted by Crippen LogP contribution is 2.45. The van der Waals surface area contributed by atoms with Gasteiger partial charge in [0.1, 0.15) is 6.10 Å². The van der Waals surface area contributed by atoms with Crippen LogP contribution < -0.4 is 0 Å². The Labute approximate surface area is 79.7 Å². The molecule has 2 rings (SSSR count). The SMILES string of the molecule is CC(=O)O[C@@H]1[C@@H]2CC[C@@H](C2)C[C@H]1C. The summed E-state index contributed by atoms with van der Waals surface area (Å²) < 4.78 is 5.39. The summed E-state index contributed by atoms with van der Waals surface area (Å²) in [5.41, 5.74) is 0. The molecule has 0 aromatic heterocycles. The Morgan fingerprint density at radius 1 is 1.31 bits per heavy atom. The van der Waals surface area contributed by atoms with E-state index in [9.17, 15) is 4.79 Å². The summed E-state index contributed by atoms with van der Waals surface area (Å²) in [4.78, 5) is 10.9. The molecule has 2 fully saturated rings. The zero-order chi connectivity index (χ0) is 9.42. The quantitative estimate of drug-likeness (QED) is 0.582. The smallest absolute Gasteiger partial charge is 0.302 e. The molecular weight excluding hydrogens is 164 g/mol. The normalized spacial score (nSPS) is 43.2. The lowest BCUT2D eigenvalue weighted by molar-refractivity contribution is -0.153. The van der Waals surface area contributed by atoms with Crippen LogP contribution in [0.1, 0.15) is 39.5 Å². The average molecular weight is 182 g/mol. The predicted molar refractivity (Wildman–Crippen MR) is 50.2 cm³/mol. The Balaban J connectivity index is 2.03. The van der Waals surface area contributed by atoms with Gasteiger partial charge in [-0.2, -0.15) is 0 Å². The molecule has 0 aromatic rings. The third-order valence-electron chi connectivity index (χ3n) is 3.61. The van der Waals surface area contributed by atoms with E-state index >= 15 is 0 Å². The van der Waals surface area contributed by atoms with Crippen LogP contribution in [0.2, 0.25) is 0 Å². The maximum absolute atomic E-state index is 10.9. The largest absolute Gasteiger partial charge is 0.462 e. The van der Waals surface area contributed by atoms with Gasteiger partial charge in [-0.25, -0.2) is 0 Å². The zero-order valence-electron chi connectivity index (χ0n) is 8.45. The van der Waals surface area contributed by atoms with Crippen LogP contribution in [-0.4, -0.2) is 12.1 Å². The van der Waals surface area contributed by atoms with Crippen molar-refractivity contribution in [2.24, 2.45) is 17.8 Å². The van der Waals surface area contributed by atoms with Crippen molar-refractivity contribution in [1.82, 2.24) is 0 Å². The first-order valence-electron chi connectivity index (χ1n) is 5.34. The molecule has 0 heterocycles. The van der Waals surface area contributed by atoms with Crippen molar-refractivity contribution in [2.45, 2.75) is 45.6 Å². The van der Waals surface area contributed by atoms with Gasteiger partial charge in [0.2, 0.25) is 0 Å². The maximum Gasteiger partial charge on any atom is 0.302 e. The second-order valence-electron chi connectivity index (χ2n) is 4.73. The average Bonchev–Trinajstić information content (AvgIpc) is 2.42. The molecule has 0 saturated heterocycles. The first-order chi connectivity index (χ1) is 6.16. The molecule has 0 aliphatic heterocycles. The molecule has 2 bridgehead atoms. The van der Waals surface area contributed by atoms with E-state index in [0.717, 1.165) is 5.92 Å². The fourth-order valence-electron chi connectivity index (χ4n) is 3.15. The van der Waals surface area contributed by atoms with Crippen LogP contribution in [0, 0.1) is 17.8 Å². The van der Waals surface area contributed by atoms with E-state index in [-0.39, 0.29) is 12.1 Å². The topological polar surface area (TPSA) is 26.3 Å². The van der Waals surface area contributed by atoms with E-state index in [4.69, 9.17) is 4.74 Å². The lowest BCUT2D eigenvalue weighted by Crippen LogP contribution is -2.34. The minimum atomic E-state index is -0.109. The van der Waals surface area contributed by atoms with Crippen molar-refractivity contribution in [3.8, 4) is 0 Å². The Hall–Kier alpha value is -0.530. The van der Waals surface area contributed by atoms with Crippen molar-refractivity contribution < 1.29 is 9.53 Å². The number of carbonyl (C=O) groups is 1. The van der Waals surface area contributed by atoms with E-state index in [1.54, 1.807) is 0 Å². The molecule has 0 unspecified atom stereocenters. The Bertz CT molecular complexity index is 212. The molecule has 13 heavy (non-hydrogen) atoms. The second kappa shape index (κ2) is 3.32. The molecular formula is C11H18O2. The minimum absolute atomic E-state index is 0.109. The van der Waals surface area contributed by atoms with Gasteiger partial charge in [-0.05, 0) is 37.0 Å². The van der Waals surface area contributed by atoms with Crippen molar-refractivity contribution in [1.29, 1.82) is 0 Å². The number of carbonyl (C=O) groups excluding carboxylic acids is 1. The summed E-state index contributed by atoms with van der Waals surface area (Å²) >= 11 is 0. The van der Waals surface area contributed by atoms with E-state index in [0.29, 0.717) is 11.8 Å². The summed E-state index contributed by atoms with van der Waals surface area (Å²) in [5.74, 6) is 2.06. The molecule has 74 valence electrons. The Morgan fingerprint density at radius 3 is 2.77 bits per heavy atom. The zero-order valence-corrected chi connectivity index (χ0v) is 8.45. The number of ether oxygens (including phenoxy) is 1. The summed E-state index contributed by atoms with van der Waals surface area (Å²) in [5, 5.41) is 0. The summed E-state index contributed by atoms with van der Waals surface area (Å²) in [6.45, 7) is 3.74. The number of fused-ring (bicyclic) bond motifs is 2. The van der Waals surface area contributed by atoms with Gasteiger partial charge in [0.15, 0.2) is 0 Å². The van der Waals surface area contributed by atoms with E-state index in [2.05, 4.69) is 6.92 Å². The molecule has 0 radical (unpaired) electrons. The van der Waals surface area contributed by atoms with Crippen LogP contribution in [0.25, 0.3) is 0 Å². The molecule has 0 spiro atoms. The molecule has 0 aromatic carbocycles. The van der Waals surface area contributed by atoms with E-state index < -0.39 is 0 Å². The van der Waals surface area contributed by atoms with Crippen LogP contribution in [0.15, 0.2) is 0 Å². The van der Waals surface area contributed by atoms with Crippen molar-refractivity contribution in [3.63, 3.8) is 0 Å². The van der Waals surface area contributed by atoms with Gasteiger partial charge in [0.25, 0.3) is 0 Å². The van der Waals surface area contributed by atoms with E-state index in [1.807, 2.05) is 0 Å². The number of rotatable bonds is 1. The van der Waals surface area contributed by atoms with Gasteiger partial charge in [-0.15, -0.1) is 0 Å². The predicted octanol–water partition coefficient (Wildman–Crippen LogP) is 2.37. The fraction of sp³-hybridized carbons (Fsp3) is 0.909. The van der Waals surface area contributed by atoms with Gasteiger partial charge < -0.3 is 4.74 Å². The van der Waals surface area contributed by atoms with Crippen LogP contribution in [-0.2, 0) is 9.53 Å². The first-order valence-corrected chi connectivity index (χ1v) is 5.34. The highest BCUT2D eigenvalue weighted by atomic mass is 16.5. The van der Waals surface area contributed by atoms with Crippen LogP contribution in [0.5, 0.6) is 0 Å². The monoisotopic (exact) mass is 182 g/mol. The molecule has 0 N–H and O–H groups in total. The van der Waals surface area contributed by atoms with Crippen LogP contribution in [0.4, 0.5) is 0 Å². The Kier molecular flexibility index (Phi) is 2.31. The standard InChI is InChI=1S/C11H18O2/c1-7-5-9-3-4-10(6-9)11(7)13-8(2)12/h7,9-11H,3-6H2,1-2H3/t7-,9-,10-,11+/m1/s1. The second-order valence-corrected chi connectivity index (χ2v) is 4.73. The summed E-state index contributed by atoms with van der Waals surface area (Å²) in [7, 11) is 0. The Morgan fingerprint density at radius 2 is 2.08 bits per heavy atom. The number of esters is 1. The number of hydrogen-bond acceptors (Lipinski definition) is 2. The molecule has 0 amide bonds. The first kappa shape index (κ1) is 9.04. The minimum Gasteiger partial charge on any atom is -0.462 e. The van der Waals surface area contributed by atoms with Crippen molar-refractivity contribution >= 4 is 5.97 Å². The van der Waals surface area contributed by atoms with Crippen molar-refractivity contribution in [2.75, 3.05) is 0 Å². The summed E-state index contributed by atoms with van der Waals surface area (Å²) in [6, 6.07) is 0. The van der Waals surface area contributed by atoms with Gasteiger partial charge in [0, 0.05) is 6.92 Å². The maximum atomic E-state index is 10.9. The lowest BCUT2D eigenvalue weighted by Gasteiger charge is -2.33. The van der Waals surface area contributed by atoms with Gasteiger partial charge in [-0.1, -0.05) is 13.3 Å². The van der Waals surface area contributed by atoms with Gasteiger partial charge >= 0.3 is 5.97 Å². The summed E-state index contributed by atoms with van der Waals surface area (Å²) in [6.07, 6.45) is 5.40. The third-order valence-corrected chi connectivity index (χ3v) is 3.61.